The van der Waals surface area contributed by atoms with Crippen molar-refractivity contribution < 1.29 is 0 Å². The van der Waals surface area contributed by atoms with Crippen molar-refractivity contribution in [3.05, 3.63) is 29.3 Å². The van der Waals surface area contributed by atoms with E-state index >= 15 is 0 Å². The summed E-state index contributed by atoms with van der Waals surface area (Å²) in [5.41, 5.74) is 4.24. The summed E-state index contributed by atoms with van der Waals surface area (Å²) < 4.78 is 0. The topological polar surface area (TPSA) is 24.1 Å². The molecule has 0 atom stereocenters. The lowest BCUT2D eigenvalue weighted by molar-refractivity contribution is 0.590. The van der Waals surface area contributed by atoms with Crippen molar-refractivity contribution in [2.75, 3.05) is 18.4 Å². The van der Waals surface area contributed by atoms with E-state index in [1.165, 1.54) is 29.7 Å². The summed E-state index contributed by atoms with van der Waals surface area (Å²) in [6.45, 7) is 11.0. The highest BCUT2D eigenvalue weighted by Crippen LogP contribution is 2.26. The normalized spacial score (nSPS) is 15.8. The van der Waals surface area contributed by atoms with Crippen LogP contribution in [0.3, 0.4) is 0 Å². The maximum Gasteiger partial charge on any atom is 0.0370 e. The number of hydrogen-bond donors (Lipinski definition) is 2. The zero-order chi connectivity index (χ0) is 13.2. The molecule has 1 aromatic rings. The second-order valence-electron chi connectivity index (χ2n) is 6.43. The van der Waals surface area contributed by atoms with Gasteiger partial charge in [0, 0.05) is 24.8 Å². The van der Waals surface area contributed by atoms with Crippen molar-refractivity contribution in [3.63, 3.8) is 0 Å². The summed E-state index contributed by atoms with van der Waals surface area (Å²) in [4.78, 5) is 0. The third kappa shape index (κ3) is 3.74. The molecule has 0 heterocycles. The fourth-order valence-corrected chi connectivity index (χ4v) is 2.09. The molecule has 0 spiro atoms. The standard InChI is InChI=1S/C16H26N2/c1-12-11-13(16(2,3)4)5-8-15(12)18-10-9-17-14-6-7-14/h5,8,11,14,17-18H,6-7,9-10H2,1-4H3. The summed E-state index contributed by atoms with van der Waals surface area (Å²) in [7, 11) is 0. The predicted molar refractivity (Wildman–Crippen MR) is 79.4 cm³/mol. The molecule has 0 amide bonds. The summed E-state index contributed by atoms with van der Waals surface area (Å²) >= 11 is 0. The van der Waals surface area contributed by atoms with Gasteiger partial charge in [0.15, 0.2) is 0 Å². The van der Waals surface area contributed by atoms with Gasteiger partial charge in [0.25, 0.3) is 0 Å². The number of aryl methyl sites for hydroxylation is 1. The quantitative estimate of drug-likeness (QED) is 0.778. The van der Waals surface area contributed by atoms with E-state index in [-0.39, 0.29) is 5.41 Å². The minimum Gasteiger partial charge on any atom is -0.384 e. The largest absolute Gasteiger partial charge is 0.384 e. The average Bonchev–Trinajstić information content (AvgIpc) is 3.08. The Morgan fingerprint density at radius 1 is 1.17 bits per heavy atom. The van der Waals surface area contributed by atoms with E-state index < -0.39 is 0 Å². The maximum atomic E-state index is 3.52. The van der Waals surface area contributed by atoms with Crippen LogP contribution in [0.15, 0.2) is 18.2 Å². The molecule has 0 aromatic heterocycles. The molecule has 1 aliphatic rings. The summed E-state index contributed by atoms with van der Waals surface area (Å²) in [6, 6.07) is 7.56. The molecule has 0 radical (unpaired) electrons. The van der Waals surface area contributed by atoms with Gasteiger partial charge in [0.1, 0.15) is 0 Å². The van der Waals surface area contributed by atoms with Gasteiger partial charge in [-0.2, -0.15) is 0 Å². The Labute approximate surface area is 111 Å². The first kappa shape index (κ1) is 13.4. The molecule has 0 bridgehead atoms. The third-order valence-corrected chi connectivity index (χ3v) is 3.54. The van der Waals surface area contributed by atoms with E-state index in [1.807, 2.05) is 0 Å². The SMILES string of the molecule is Cc1cc(C(C)(C)C)ccc1NCCNC1CC1. The lowest BCUT2D eigenvalue weighted by atomic mass is 9.86. The van der Waals surface area contributed by atoms with Crippen molar-refractivity contribution in [1.29, 1.82) is 0 Å². The van der Waals surface area contributed by atoms with E-state index in [0.29, 0.717) is 0 Å². The molecule has 2 N–H and O–H groups in total. The first-order chi connectivity index (χ1) is 8.47. The molecular formula is C16H26N2. The molecule has 1 aliphatic carbocycles. The Bertz CT molecular complexity index is 400. The fraction of sp³-hybridized carbons (Fsp3) is 0.625. The smallest absolute Gasteiger partial charge is 0.0370 e. The zero-order valence-electron chi connectivity index (χ0n) is 12.1. The number of hydrogen-bond acceptors (Lipinski definition) is 2. The second kappa shape index (κ2) is 5.31. The van der Waals surface area contributed by atoms with Crippen molar-refractivity contribution >= 4 is 5.69 Å². The molecule has 1 saturated carbocycles. The average molecular weight is 246 g/mol. The van der Waals surface area contributed by atoms with Gasteiger partial charge in [-0.15, -0.1) is 0 Å². The molecule has 2 rings (SSSR count). The Hall–Kier alpha value is -1.02. The second-order valence-corrected chi connectivity index (χ2v) is 6.43. The van der Waals surface area contributed by atoms with Gasteiger partial charge in [-0.05, 0) is 42.4 Å². The summed E-state index contributed by atoms with van der Waals surface area (Å²) in [5, 5.41) is 7.03. The number of anilines is 1. The van der Waals surface area contributed by atoms with Crippen LogP contribution in [0.4, 0.5) is 5.69 Å². The maximum absolute atomic E-state index is 3.52. The van der Waals surface area contributed by atoms with Gasteiger partial charge in [0.05, 0.1) is 0 Å². The van der Waals surface area contributed by atoms with Crippen LogP contribution in [0, 0.1) is 6.92 Å². The molecule has 2 nitrogen and oxygen atoms in total. The highest BCUT2D eigenvalue weighted by Gasteiger charge is 2.19. The van der Waals surface area contributed by atoms with Gasteiger partial charge in [-0.3, -0.25) is 0 Å². The van der Waals surface area contributed by atoms with E-state index in [4.69, 9.17) is 0 Å². The Balaban J connectivity index is 1.88. The number of nitrogens with one attached hydrogen (secondary N) is 2. The first-order valence-corrected chi connectivity index (χ1v) is 7.05. The van der Waals surface area contributed by atoms with E-state index in [0.717, 1.165) is 19.1 Å². The van der Waals surface area contributed by atoms with Gasteiger partial charge >= 0.3 is 0 Å². The van der Waals surface area contributed by atoms with Crippen molar-refractivity contribution in [3.8, 4) is 0 Å². The van der Waals surface area contributed by atoms with Crippen molar-refractivity contribution in [1.82, 2.24) is 5.32 Å². The lowest BCUT2D eigenvalue weighted by Crippen LogP contribution is -2.24. The van der Waals surface area contributed by atoms with Gasteiger partial charge in [-0.25, -0.2) is 0 Å². The van der Waals surface area contributed by atoms with E-state index in [9.17, 15) is 0 Å². The van der Waals surface area contributed by atoms with Crippen molar-refractivity contribution in [2.24, 2.45) is 0 Å². The Kier molecular flexibility index (Phi) is 3.96. The third-order valence-electron chi connectivity index (χ3n) is 3.54. The van der Waals surface area contributed by atoms with Crippen LogP contribution in [0.2, 0.25) is 0 Å². The predicted octanol–water partition coefficient (Wildman–Crippen LogP) is 3.46. The van der Waals surface area contributed by atoms with Gasteiger partial charge < -0.3 is 10.6 Å². The van der Waals surface area contributed by atoms with Crippen LogP contribution in [0.1, 0.15) is 44.7 Å². The highest BCUT2D eigenvalue weighted by atomic mass is 15.0. The lowest BCUT2D eigenvalue weighted by Gasteiger charge is -2.21. The molecule has 0 aliphatic heterocycles. The summed E-state index contributed by atoms with van der Waals surface area (Å²) in [5.74, 6) is 0. The van der Waals surface area contributed by atoms with Gasteiger partial charge in [0.2, 0.25) is 0 Å². The number of rotatable bonds is 5. The van der Waals surface area contributed by atoms with Crippen LogP contribution in [0.5, 0.6) is 0 Å². The number of benzene rings is 1. The van der Waals surface area contributed by atoms with Crippen LogP contribution < -0.4 is 10.6 Å². The summed E-state index contributed by atoms with van der Waals surface area (Å²) in [6.07, 6.45) is 2.72. The molecule has 100 valence electrons. The molecule has 0 unspecified atom stereocenters. The Morgan fingerprint density at radius 3 is 2.44 bits per heavy atom. The highest BCUT2D eigenvalue weighted by molar-refractivity contribution is 5.53. The van der Waals surface area contributed by atoms with Crippen LogP contribution >= 0.6 is 0 Å². The zero-order valence-corrected chi connectivity index (χ0v) is 12.1. The molecule has 0 saturated heterocycles. The fourth-order valence-electron chi connectivity index (χ4n) is 2.09. The minimum atomic E-state index is 0.233. The monoisotopic (exact) mass is 246 g/mol. The van der Waals surface area contributed by atoms with Crippen molar-refractivity contribution in [2.45, 2.75) is 52.0 Å². The molecule has 1 fully saturated rings. The molecule has 18 heavy (non-hydrogen) atoms. The van der Waals surface area contributed by atoms with E-state index in [2.05, 4.69) is 56.5 Å². The van der Waals surface area contributed by atoms with Crippen LogP contribution in [-0.2, 0) is 5.41 Å². The first-order valence-electron chi connectivity index (χ1n) is 7.05. The minimum absolute atomic E-state index is 0.233. The Morgan fingerprint density at radius 2 is 1.89 bits per heavy atom. The van der Waals surface area contributed by atoms with Gasteiger partial charge in [-0.1, -0.05) is 32.9 Å². The molecular weight excluding hydrogens is 220 g/mol. The van der Waals surface area contributed by atoms with Crippen LogP contribution in [0.25, 0.3) is 0 Å². The van der Waals surface area contributed by atoms with Crippen LogP contribution in [-0.4, -0.2) is 19.1 Å². The van der Waals surface area contributed by atoms with E-state index in [1.54, 1.807) is 0 Å². The molecule has 2 heteroatoms. The molecule has 1 aromatic carbocycles.